The molecule has 1 fully saturated rings. The maximum absolute atomic E-state index is 10.7. The summed E-state index contributed by atoms with van der Waals surface area (Å²) in [6.45, 7) is 0. The fraction of sp³-hybridized carbons (Fsp3) is 0.667. The molecule has 1 aromatic rings. The minimum absolute atomic E-state index is 0. The van der Waals surface area contributed by atoms with Crippen molar-refractivity contribution >= 4 is 18.4 Å². The van der Waals surface area contributed by atoms with Crippen molar-refractivity contribution < 1.29 is 9.90 Å². The highest BCUT2D eigenvalue weighted by atomic mass is 35.5. The van der Waals surface area contributed by atoms with Gasteiger partial charge >= 0.3 is 5.97 Å². The zero-order chi connectivity index (χ0) is 9.97. The van der Waals surface area contributed by atoms with Crippen LogP contribution in [0.2, 0.25) is 0 Å². The first-order valence-corrected chi connectivity index (χ1v) is 4.86. The molecule has 1 saturated carbocycles. The van der Waals surface area contributed by atoms with Crippen LogP contribution in [0.5, 0.6) is 0 Å². The van der Waals surface area contributed by atoms with E-state index in [4.69, 9.17) is 5.11 Å². The summed E-state index contributed by atoms with van der Waals surface area (Å²) in [5.74, 6) is -0.822. The molecular weight excluding hydrogens is 218 g/mol. The van der Waals surface area contributed by atoms with Crippen molar-refractivity contribution in [1.82, 2.24) is 15.0 Å². The quantitative estimate of drug-likeness (QED) is 0.838. The molecule has 1 aromatic heterocycles. The topological polar surface area (TPSA) is 68.0 Å². The Hall–Kier alpha value is -1.10. The van der Waals surface area contributed by atoms with E-state index in [0.29, 0.717) is 6.04 Å². The molecule has 0 saturated heterocycles. The summed E-state index contributed by atoms with van der Waals surface area (Å²) in [4.78, 5) is 10.7. The predicted octanol–water partition coefficient (Wildman–Crippen LogP) is 1.52. The monoisotopic (exact) mass is 231 g/mol. The molecule has 0 atom stereocenters. The van der Waals surface area contributed by atoms with Gasteiger partial charge in [0, 0.05) is 6.20 Å². The Morgan fingerprint density at radius 1 is 1.33 bits per heavy atom. The minimum atomic E-state index is -0.665. The van der Waals surface area contributed by atoms with Gasteiger partial charge < -0.3 is 5.11 Å². The van der Waals surface area contributed by atoms with E-state index in [-0.39, 0.29) is 18.3 Å². The van der Waals surface area contributed by atoms with Crippen molar-refractivity contribution in [1.29, 1.82) is 0 Å². The average molecular weight is 232 g/mol. The number of hydrogen-bond acceptors (Lipinski definition) is 3. The molecular formula is C9H14ClN3O2. The van der Waals surface area contributed by atoms with Gasteiger partial charge in [0.05, 0.1) is 18.2 Å². The van der Waals surface area contributed by atoms with Crippen LogP contribution in [0.3, 0.4) is 0 Å². The fourth-order valence-electron chi connectivity index (χ4n) is 2.00. The Labute approximate surface area is 93.9 Å². The second-order valence-electron chi connectivity index (χ2n) is 3.73. The van der Waals surface area contributed by atoms with Gasteiger partial charge in [0.25, 0.3) is 0 Å². The highest BCUT2D eigenvalue weighted by molar-refractivity contribution is 5.85. The SMILES string of the molecule is Cl.O=C(O)C1CCC(n2ccnn2)CC1. The zero-order valence-corrected chi connectivity index (χ0v) is 9.06. The Balaban J connectivity index is 0.00000112. The van der Waals surface area contributed by atoms with Gasteiger partial charge in [-0.15, -0.1) is 17.5 Å². The maximum Gasteiger partial charge on any atom is 0.306 e. The van der Waals surface area contributed by atoms with Crippen LogP contribution in [0.15, 0.2) is 12.4 Å². The summed E-state index contributed by atoms with van der Waals surface area (Å²) in [6, 6.07) is 0.341. The summed E-state index contributed by atoms with van der Waals surface area (Å²) in [7, 11) is 0. The summed E-state index contributed by atoms with van der Waals surface area (Å²) in [5, 5.41) is 16.5. The molecule has 0 spiro atoms. The summed E-state index contributed by atoms with van der Waals surface area (Å²) < 4.78 is 1.83. The predicted molar refractivity (Wildman–Crippen MR) is 55.9 cm³/mol. The molecule has 1 N–H and O–H groups in total. The zero-order valence-electron chi connectivity index (χ0n) is 8.24. The molecule has 1 heterocycles. The first-order chi connectivity index (χ1) is 6.77. The summed E-state index contributed by atoms with van der Waals surface area (Å²) in [5.41, 5.74) is 0. The van der Waals surface area contributed by atoms with Crippen LogP contribution in [0.25, 0.3) is 0 Å². The van der Waals surface area contributed by atoms with E-state index >= 15 is 0 Å². The van der Waals surface area contributed by atoms with E-state index in [9.17, 15) is 4.79 Å². The smallest absolute Gasteiger partial charge is 0.306 e. The van der Waals surface area contributed by atoms with Crippen molar-refractivity contribution in [2.24, 2.45) is 5.92 Å². The van der Waals surface area contributed by atoms with Crippen LogP contribution in [-0.2, 0) is 4.79 Å². The number of hydrogen-bond donors (Lipinski definition) is 1. The van der Waals surface area contributed by atoms with Crippen molar-refractivity contribution in [3.63, 3.8) is 0 Å². The van der Waals surface area contributed by atoms with Crippen LogP contribution < -0.4 is 0 Å². The minimum Gasteiger partial charge on any atom is -0.481 e. The lowest BCUT2D eigenvalue weighted by Crippen LogP contribution is -2.23. The van der Waals surface area contributed by atoms with Gasteiger partial charge in [-0.2, -0.15) is 0 Å². The molecule has 84 valence electrons. The summed E-state index contributed by atoms with van der Waals surface area (Å²) in [6.07, 6.45) is 6.77. The number of carboxylic acids is 1. The van der Waals surface area contributed by atoms with Crippen molar-refractivity contribution in [2.75, 3.05) is 0 Å². The number of aromatic nitrogens is 3. The highest BCUT2D eigenvalue weighted by Gasteiger charge is 2.26. The van der Waals surface area contributed by atoms with Gasteiger partial charge in [-0.1, -0.05) is 5.21 Å². The Morgan fingerprint density at radius 3 is 2.47 bits per heavy atom. The van der Waals surface area contributed by atoms with E-state index in [0.717, 1.165) is 25.7 Å². The molecule has 1 aliphatic carbocycles. The Kier molecular flexibility index (Phi) is 4.08. The Bertz CT molecular complexity index is 307. The van der Waals surface area contributed by atoms with Gasteiger partial charge in [-0.25, -0.2) is 4.68 Å². The molecule has 0 unspecified atom stereocenters. The molecule has 1 aliphatic rings. The average Bonchev–Trinajstić information content (AvgIpc) is 2.71. The largest absolute Gasteiger partial charge is 0.481 e. The van der Waals surface area contributed by atoms with Crippen LogP contribution in [0.1, 0.15) is 31.7 Å². The number of nitrogens with zero attached hydrogens (tertiary/aromatic N) is 3. The van der Waals surface area contributed by atoms with E-state index in [2.05, 4.69) is 10.3 Å². The third-order valence-electron chi connectivity index (χ3n) is 2.86. The second-order valence-corrected chi connectivity index (χ2v) is 3.73. The standard InChI is InChI=1S/C9H13N3O2.ClH/c13-9(14)7-1-3-8(4-2-7)12-6-5-10-11-12;/h5-8H,1-4H2,(H,13,14);1H. The molecule has 5 nitrogen and oxygen atoms in total. The van der Waals surface area contributed by atoms with Gasteiger partial charge in [0.15, 0.2) is 0 Å². The van der Waals surface area contributed by atoms with E-state index in [1.54, 1.807) is 6.20 Å². The Morgan fingerprint density at radius 2 is 2.00 bits per heavy atom. The van der Waals surface area contributed by atoms with Crippen LogP contribution in [-0.4, -0.2) is 26.1 Å². The molecule has 2 rings (SSSR count). The lowest BCUT2D eigenvalue weighted by atomic mass is 9.86. The first kappa shape index (κ1) is 12.0. The number of aliphatic carboxylic acids is 1. The molecule has 6 heteroatoms. The first-order valence-electron chi connectivity index (χ1n) is 4.86. The van der Waals surface area contributed by atoms with Gasteiger partial charge in [0.2, 0.25) is 0 Å². The van der Waals surface area contributed by atoms with E-state index < -0.39 is 5.97 Å². The normalized spacial score (nSPS) is 25.6. The number of carboxylic acid groups (broad SMARTS) is 1. The van der Waals surface area contributed by atoms with Crippen molar-refractivity contribution in [3.05, 3.63) is 12.4 Å². The molecule has 0 aliphatic heterocycles. The molecule has 0 amide bonds. The molecule has 15 heavy (non-hydrogen) atoms. The van der Waals surface area contributed by atoms with Crippen LogP contribution in [0, 0.1) is 5.92 Å². The number of rotatable bonds is 2. The van der Waals surface area contributed by atoms with E-state index in [1.165, 1.54) is 0 Å². The lowest BCUT2D eigenvalue weighted by molar-refractivity contribution is -0.143. The fourth-order valence-corrected chi connectivity index (χ4v) is 2.00. The van der Waals surface area contributed by atoms with Gasteiger partial charge in [-0.3, -0.25) is 4.79 Å². The van der Waals surface area contributed by atoms with E-state index in [1.807, 2.05) is 10.9 Å². The van der Waals surface area contributed by atoms with Crippen molar-refractivity contribution in [3.8, 4) is 0 Å². The van der Waals surface area contributed by atoms with Gasteiger partial charge in [-0.05, 0) is 25.7 Å². The van der Waals surface area contributed by atoms with Crippen LogP contribution in [0.4, 0.5) is 0 Å². The van der Waals surface area contributed by atoms with Crippen LogP contribution >= 0.6 is 12.4 Å². The lowest BCUT2D eigenvalue weighted by Gasteiger charge is -2.25. The summed E-state index contributed by atoms with van der Waals surface area (Å²) >= 11 is 0. The third kappa shape index (κ3) is 2.68. The molecule has 0 bridgehead atoms. The van der Waals surface area contributed by atoms with Gasteiger partial charge in [0.1, 0.15) is 0 Å². The molecule has 0 aromatic carbocycles. The number of halogens is 1. The second kappa shape index (κ2) is 5.11. The van der Waals surface area contributed by atoms with Crippen molar-refractivity contribution in [2.45, 2.75) is 31.7 Å². The maximum atomic E-state index is 10.7. The molecule has 0 radical (unpaired) electrons. The third-order valence-corrected chi connectivity index (χ3v) is 2.86. The number of carbonyl (C=O) groups is 1. The highest BCUT2D eigenvalue weighted by Crippen LogP contribution is 2.31.